The third-order valence-corrected chi connectivity index (χ3v) is 24.6. The van der Waals surface area contributed by atoms with Gasteiger partial charge in [0.25, 0.3) is 0 Å². The Balaban J connectivity index is 2.56. The van der Waals surface area contributed by atoms with Gasteiger partial charge in [0.15, 0.2) is 18.7 Å². The number of phosphoric acid groups is 1. The van der Waals surface area contributed by atoms with E-state index < -0.39 is 149 Å². The molecule has 0 bridgehead atoms. The molecule has 2 saturated heterocycles. The fraction of sp³-hybridized carbons (Fsp3) is 0.938. The van der Waals surface area contributed by atoms with Crippen molar-refractivity contribution < 1.29 is 101 Å². The molecule has 2 heterocycles. The summed E-state index contributed by atoms with van der Waals surface area (Å²) in [4.78, 5) is 106. The first-order valence-electron chi connectivity index (χ1n) is 49.9. The molecule has 7 unspecified atom stereocenters. The molecule has 120 heavy (non-hydrogen) atoms. The van der Waals surface area contributed by atoms with E-state index in [9.17, 15) is 63.5 Å². The topological polar surface area (TPSA) is 339 Å². The number of aliphatic hydroxyl groups is 4. The van der Waals surface area contributed by atoms with E-state index in [1.54, 1.807) is 0 Å². The molecule has 2 aliphatic rings. The molecule has 8 N–H and O–H groups in total. The summed E-state index contributed by atoms with van der Waals surface area (Å²) in [6, 6.07) is -3.37. The average Bonchev–Trinajstić information content (AvgIpc) is 0.777. The van der Waals surface area contributed by atoms with E-state index in [0.29, 0.717) is 51.4 Å². The van der Waals surface area contributed by atoms with Crippen LogP contribution in [-0.2, 0) is 71.0 Å². The Kier molecular flexibility index (Phi) is 72.2. The van der Waals surface area contributed by atoms with Crippen molar-refractivity contribution in [3.05, 3.63) is 0 Å². The highest BCUT2D eigenvalue weighted by atomic mass is 31.2. The fourth-order valence-corrected chi connectivity index (χ4v) is 17.3. The monoisotopic (exact) mass is 1730 g/mol. The first kappa shape index (κ1) is 113. The standard InChI is InChI=1S/C96H181N2O21P/c1-7-13-19-25-31-37-39-40-42-48-54-59-65-70-85(102)113-78(67-61-55-49-43-33-27-21-15-9-3)73-83(100)97-89-92(107)91(106)82(116-95(89)108)77-112-96-90(98-84(101)74-79(68-62-56-50-44-34-28-22-16-10-4)114-86(103)71-64-58-52-46-36-30-24-18-12-6)94(93(81(76-99)117-96)119-120(109,110)111)118-88(105)75-80(69-63-57-51-45-35-29-23-17-11-5)115-87(104)72-66-60-53-47-41-38-32-26-20-14-8-2/h78-82,89-96,99,106-108H,7-77H2,1-6H3,(H,97,100)(H,98,101)(H2,109,110,111)/t78?,79?,80?,81?,82?,89?,90?,91-,92-,93-,94-,95+,96-/m1/s1. The van der Waals surface area contributed by atoms with Gasteiger partial charge in [0.1, 0.15) is 60.9 Å². The van der Waals surface area contributed by atoms with Crippen LogP contribution in [0.5, 0.6) is 0 Å². The van der Waals surface area contributed by atoms with Gasteiger partial charge < -0.3 is 74.0 Å². The van der Waals surface area contributed by atoms with Gasteiger partial charge in [-0.2, -0.15) is 0 Å². The maximum atomic E-state index is 15.0. The number of hydrogen-bond donors (Lipinski definition) is 8. The van der Waals surface area contributed by atoms with Crippen molar-refractivity contribution in [3.63, 3.8) is 0 Å². The third kappa shape index (κ3) is 60.3. The number of unbranched alkanes of at least 4 members (excludes halogenated alkanes) is 54. The molecule has 0 aliphatic carbocycles. The van der Waals surface area contributed by atoms with E-state index >= 15 is 0 Å². The largest absolute Gasteiger partial charge is 0.470 e. The van der Waals surface area contributed by atoms with Gasteiger partial charge in [0.05, 0.1) is 32.5 Å². The molecule has 2 aliphatic heterocycles. The predicted octanol–water partition coefficient (Wildman–Crippen LogP) is 22.3. The average molecular weight is 1730 g/mol. The number of phosphoric ester groups is 1. The van der Waals surface area contributed by atoms with Gasteiger partial charge in [-0.05, 0) is 57.8 Å². The molecular formula is C96H181N2O21P. The van der Waals surface area contributed by atoms with Crippen LogP contribution < -0.4 is 10.6 Å². The molecule has 24 heteroatoms. The Bertz CT molecular complexity index is 2510. The Labute approximate surface area is 729 Å². The van der Waals surface area contributed by atoms with Crippen LogP contribution in [0.25, 0.3) is 0 Å². The maximum Gasteiger partial charge on any atom is 0.470 e. The van der Waals surface area contributed by atoms with Crippen molar-refractivity contribution in [1.82, 2.24) is 10.6 Å². The number of aliphatic hydroxyl groups excluding tert-OH is 4. The van der Waals surface area contributed by atoms with E-state index in [0.717, 1.165) is 173 Å². The molecule has 2 fully saturated rings. The van der Waals surface area contributed by atoms with Crippen molar-refractivity contribution in [3.8, 4) is 0 Å². The minimum Gasteiger partial charge on any atom is -0.462 e. The quantitative estimate of drug-likeness (QED) is 0.0121. The summed E-state index contributed by atoms with van der Waals surface area (Å²) in [5.41, 5.74) is 0. The minimum atomic E-state index is -5.58. The molecule has 2 rings (SSSR count). The molecule has 2 amide bonds. The van der Waals surface area contributed by atoms with E-state index in [1.165, 1.54) is 173 Å². The van der Waals surface area contributed by atoms with Gasteiger partial charge in [-0.25, -0.2) is 4.57 Å². The van der Waals surface area contributed by atoms with Crippen molar-refractivity contribution in [2.75, 3.05) is 13.2 Å². The second kappa shape index (κ2) is 76.8. The second-order valence-electron chi connectivity index (χ2n) is 35.5. The fourth-order valence-electron chi connectivity index (χ4n) is 16.7. The molecule has 706 valence electrons. The molecule has 13 atom stereocenters. The summed E-state index contributed by atoms with van der Waals surface area (Å²) >= 11 is 0. The SMILES string of the molecule is CCCCCCCCCCCCCCCC(=O)OC(CCCCCCCCCCC)CC(=O)NC1[C@@H](O)[C@H](O)C(CO[C@@H]2OC(CO)[C@@H](OP(=O)(O)O)[C@H](OC(=O)CC(CCCCCCCCCCC)OC(=O)CCCCCCCCCCCCC)C2NC(=O)CC(CCCCCCCCCCC)OC(=O)CCCCCCCCCCC)O[C@@H]1O. The van der Waals surface area contributed by atoms with Crippen molar-refractivity contribution in [2.24, 2.45) is 0 Å². The molecule has 0 aromatic heterocycles. The molecule has 23 nitrogen and oxygen atoms in total. The van der Waals surface area contributed by atoms with Crippen LogP contribution >= 0.6 is 7.82 Å². The van der Waals surface area contributed by atoms with E-state index in [1.807, 2.05) is 0 Å². The van der Waals surface area contributed by atoms with Crippen molar-refractivity contribution in [1.29, 1.82) is 0 Å². The van der Waals surface area contributed by atoms with Crippen molar-refractivity contribution >= 4 is 43.5 Å². The number of amides is 2. The predicted molar refractivity (Wildman–Crippen MR) is 478 cm³/mol. The maximum absolute atomic E-state index is 15.0. The van der Waals surface area contributed by atoms with Crippen LogP contribution in [0.3, 0.4) is 0 Å². The third-order valence-electron chi connectivity index (χ3n) is 24.1. The van der Waals surface area contributed by atoms with E-state index in [2.05, 4.69) is 52.2 Å². The summed E-state index contributed by atoms with van der Waals surface area (Å²) in [6.45, 7) is 11.4. The molecule has 0 aromatic rings. The number of esters is 4. The number of ether oxygens (including phenoxy) is 7. The second-order valence-corrected chi connectivity index (χ2v) is 36.7. The van der Waals surface area contributed by atoms with Gasteiger partial charge in [-0.15, -0.1) is 0 Å². The van der Waals surface area contributed by atoms with Crippen LogP contribution in [0.4, 0.5) is 0 Å². The zero-order chi connectivity index (χ0) is 87.7. The summed E-state index contributed by atoms with van der Waals surface area (Å²) < 4.78 is 61.4. The van der Waals surface area contributed by atoms with Crippen LogP contribution in [-0.4, -0.2) is 159 Å². The van der Waals surface area contributed by atoms with Gasteiger partial charge in [0, 0.05) is 19.3 Å². The number of carbonyl (C=O) groups is 6. The number of rotatable bonds is 84. The van der Waals surface area contributed by atoms with Gasteiger partial charge in [-0.3, -0.25) is 33.3 Å². The highest BCUT2D eigenvalue weighted by Gasteiger charge is 2.53. The van der Waals surface area contributed by atoms with Crippen LogP contribution in [0, 0.1) is 0 Å². The normalized spacial score (nSPS) is 20.2. The summed E-state index contributed by atoms with van der Waals surface area (Å²) in [5.74, 6) is -3.84. The molecule has 0 spiro atoms. The lowest BCUT2D eigenvalue weighted by Crippen LogP contribution is -2.67. The molecule has 0 saturated carbocycles. The summed E-state index contributed by atoms with van der Waals surface area (Å²) in [6.07, 6.45) is 46.8. The Morgan fingerprint density at radius 3 is 0.900 bits per heavy atom. The Hall–Kier alpha value is -3.35. The summed E-state index contributed by atoms with van der Waals surface area (Å²) in [7, 11) is -5.58. The molecule has 0 radical (unpaired) electrons. The Morgan fingerprint density at radius 2 is 0.608 bits per heavy atom. The summed E-state index contributed by atoms with van der Waals surface area (Å²) in [5, 5.41) is 51.8. The molecular weight excluding hydrogens is 1550 g/mol. The highest BCUT2D eigenvalue weighted by Crippen LogP contribution is 2.43. The van der Waals surface area contributed by atoms with E-state index in [4.69, 9.17) is 37.7 Å². The van der Waals surface area contributed by atoms with Crippen LogP contribution in [0.15, 0.2) is 0 Å². The zero-order valence-corrected chi connectivity index (χ0v) is 77.9. The first-order chi connectivity index (χ1) is 58.2. The zero-order valence-electron chi connectivity index (χ0n) is 77.0. The first-order valence-corrected chi connectivity index (χ1v) is 51.4. The number of nitrogens with one attached hydrogen (secondary N) is 2. The smallest absolute Gasteiger partial charge is 0.462 e. The van der Waals surface area contributed by atoms with Crippen molar-refractivity contribution in [2.45, 2.75) is 564 Å². The highest BCUT2D eigenvalue weighted by molar-refractivity contribution is 7.46. The lowest BCUT2D eigenvalue weighted by atomic mass is 9.95. The number of carbonyl (C=O) groups excluding carboxylic acids is 6. The molecule has 0 aromatic carbocycles. The van der Waals surface area contributed by atoms with Gasteiger partial charge in [0.2, 0.25) is 11.8 Å². The van der Waals surface area contributed by atoms with Gasteiger partial charge >= 0.3 is 31.7 Å². The minimum absolute atomic E-state index is 0.124. The lowest BCUT2D eigenvalue weighted by molar-refractivity contribution is -0.297. The van der Waals surface area contributed by atoms with Crippen LogP contribution in [0.1, 0.15) is 485 Å². The van der Waals surface area contributed by atoms with E-state index in [-0.39, 0.29) is 32.1 Å². The number of hydrogen-bond acceptors (Lipinski definition) is 19. The van der Waals surface area contributed by atoms with Gasteiger partial charge in [-0.1, -0.05) is 388 Å². The Morgan fingerprint density at radius 1 is 0.333 bits per heavy atom. The van der Waals surface area contributed by atoms with Crippen LogP contribution in [0.2, 0.25) is 0 Å². The lowest BCUT2D eigenvalue weighted by Gasteiger charge is -2.46.